The van der Waals surface area contributed by atoms with Crippen LogP contribution in [0.3, 0.4) is 0 Å². The summed E-state index contributed by atoms with van der Waals surface area (Å²) in [6.07, 6.45) is 2.75. The molecule has 3 rings (SSSR count). The highest BCUT2D eigenvalue weighted by Gasteiger charge is 2.37. The first-order valence-electron chi connectivity index (χ1n) is 6.85. The van der Waals surface area contributed by atoms with Crippen molar-refractivity contribution in [2.75, 3.05) is 11.4 Å². The van der Waals surface area contributed by atoms with E-state index < -0.39 is 11.9 Å². The molecule has 2 heterocycles. The summed E-state index contributed by atoms with van der Waals surface area (Å²) in [5.74, 6) is 0.653. The van der Waals surface area contributed by atoms with Gasteiger partial charge in [0.05, 0.1) is 0 Å². The molecule has 0 spiro atoms. The van der Waals surface area contributed by atoms with Gasteiger partial charge in [0.25, 0.3) is 0 Å². The van der Waals surface area contributed by atoms with Crippen LogP contribution < -0.4 is 4.90 Å². The van der Waals surface area contributed by atoms with Crippen LogP contribution in [0.15, 0.2) is 5.38 Å². The Labute approximate surface area is 114 Å². The first-order chi connectivity index (χ1) is 9.05. The van der Waals surface area contributed by atoms with Gasteiger partial charge < -0.3 is 4.90 Å². The van der Waals surface area contributed by atoms with Crippen molar-refractivity contribution in [1.82, 2.24) is 4.98 Å². The SMILES string of the molecule is FC(F)(F)c1csc(N2CCCC3CCCCC32)n1. The fraction of sp³-hybridized carbons (Fsp3) is 0.769. The van der Waals surface area contributed by atoms with E-state index in [1.165, 1.54) is 25.7 Å². The van der Waals surface area contributed by atoms with Gasteiger partial charge in [0, 0.05) is 18.0 Å². The van der Waals surface area contributed by atoms with Gasteiger partial charge in [-0.2, -0.15) is 13.2 Å². The minimum Gasteiger partial charge on any atom is -0.345 e. The minimum absolute atomic E-state index is 0.412. The molecule has 19 heavy (non-hydrogen) atoms. The van der Waals surface area contributed by atoms with Crippen LogP contribution in [0.4, 0.5) is 18.3 Å². The average Bonchev–Trinajstić information content (AvgIpc) is 2.87. The van der Waals surface area contributed by atoms with Crippen LogP contribution in [0.1, 0.15) is 44.2 Å². The molecule has 1 aliphatic carbocycles. The number of aromatic nitrogens is 1. The van der Waals surface area contributed by atoms with Crippen LogP contribution in [0.2, 0.25) is 0 Å². The summed E-state index contributed by atoms with van der Waals surface area (Å²) in [6.45, 7) is 0.853. The number of piperidine rings is 1. The molecule has 1 saturated heterocycles. The number of fused-ring (bicyclic) bond motifs is 1. The number of anilines is 1. The largest absolute Gasteiger partial charge is 0.434 e. The third-order valence-corrected chi connectivity index (χ3v) is 5.15. The molecule has 0 aromatic carbocycles. The van der Waals surface area contributed by atoms with Crippen LogP contribution in [-0.4, -0.2) is 17.6 Å². The molecule has 0 amide bonds. The predicted molar refractivity (Wildman–Crippen MR) is 69.4 cm³/mol. The fourth-order valence-electron chi connectivity index (χ4n) is 3.39. The molecule has 2 atom stereocenters. The maximum Gasteiger partial charge on any atom is 0.434 e. The van der Waals surface area contributed by atoms with Crippen molar-refractivity contribution in [1.29, 1.82) is 0 Å². The topological polar surface area (TPSA) is 16.1 Å². The standard InChI is InChI=1S/C13H17F3N2S/c14-13(15,16)11-8-19-12(17-11)18-7-3-5-9-4-1-2-6-10(9)18/h8-10H,1-7H2. The Morgan fingerprint density at radius 1 is 1.16 bits per heavy atom. The number of alkyl halides is 3. The zero-order chi connectivity index (χ0) is 13.5. The van der Waals surface area contributed by atoms with Gasteiger partial charge in [-0.25, -0.2) is 4.98 Å². The zero-order valence-corrected chi connectivity index (χ0v) is 11.4. The van der Waals surface area contributed by atoms with E-state index in [9.17, 15) is 13.2 Å². The molecule has 0 N–H and O–H groups in total. The van der Waals surface area contributed by atoms with Gasteiger partial charge in [-0.3, -0.25) is 0 Å². The van der Waals surface area contributed by atoms with Crippen molar-refractivity contribution in [3.8, 4) is 0 Å². The van der Waals surface area contributed by atoms with Crippen molar-refractivity contribution < 1.29 is 13.2 Å². The van der Waals surface area contributed by atoms with Crippen LogP contribution in [0.25, 0.3) is 0 Å². The van der Waals surface area contributed by atoms with Crippen LogP contribution in [0.5, 0.6) is 0 Å². The van der Waals surface area contributed by atoms with Crippen LogP contribution >= 0.6 is 11.3 Å². The normalized spacial score (nSPS) is 28.3. The molecule has 0 bridgehead atoms. The van der Waals surface area contributed by atoms with Gasteiger partial charge in [0.15, 0.2) is 10.8 Å². The number of rotatable bonds is 1. The second-order valence-electron chi connectivity index (χ2n) is 5.46. The summed E-state index contributed by atoms with van der Waals surface area (Å²) in [7, 11) is 0. The lowest BCUT2D eigenvalue weighted by Crippen LogP contribution is -2.46. The van der Waals surface area contributed by atoms with Gasteiger partial charge in [-0.1, -0.05) is 12.8 Å². The Hall–Kier alpha value is -0.780. The Kier molecular flexibility index (Phi) is 3.45. The molecule has 1 aromatic rings. The van der Waals surface area contributed by atoms with Gasteiger partial charge in [-0.15, -0.1) is 11.3 Å². The molecule has 2 nitrogen and oxygen atoms in total. The second kappa shape index (κ2) is 4.96. The molecular weight excluding hydrogens is 273 g/mol. The number of nitrogens with zero attached hydrogens (tertiary/aromatic N) is 2. The maximum absolute atomic E-state index is 12.6. The zero-order valence-electron chi connectivity index (χ0n) is 10.6. The first kappa shape index (κ1) is 13.2. The van der Waals surface area contributed by atoms with E-state index in [4.69, 9.17) is 0 Å². The molecule has 1 saturated carbocycles. The summed E-state index contributed by atoms with van der Waals surface area (Å²) in [5.41, 5.74) is -0.745. The summed E-state index contributed by atoms with van der Waals surface area (Å²) < 4.78 is 37.9. The van der Waals surface area contributed by atoms with Gasteiger partial charge in [-0.05, 0) is 31.6 Å². The monoisotopic (exact) mass is 290 g/mol. The van der Waals surface area contributed by atoms with Gasteiger partial charge in [0.1, 0.15) is 0 Å². The molecule has 2 aliphatic rings. The third kappa shape index (κ3) is 2.59. The Bertz CT molecular complexity index is 441. The van der Waals surface area contributed by atoms with E-state index in [0.717, 1.165) is 36.1 Å². The lowest BCUT2D eigenvalue weighted by atomic mass is 9.78. The molecule has 1 aliphatic heterocycles. The Morgan fingerprint density at radius 2 is 1.89 bits per heavy atom. The van der Waals surface area contributed by atoms with Crippen molar-refractivity contribution in [3.05, 3.63) is 11.1 Å². The van der Waals surface area contributed by atoms with E-state index in [0.29, 0.717) is 17.1 Å². The summed E-state index contributed by atoms with van der Waals surface area (Å²) in [5, 5.41) is 1.70. The van der Waals surface area contributed by atoms with Crippen LogP contribution in [-0.2, 0) is 6.18 Å². The lowest BCUT2D eigenvalue weighted by Gasteiger charge is -2.44. The molecular formula is C13H17F3N2S. The van der Waals surface area contributed by atoms with Crippen molar-refractivity contribution in [2.45, 2.75) is 50.7 Å². The average molecular weight is 290 g/mol. The quantitative estimate of drug-likeness (QED) is 0.765. The first-order valence-corrected chi connectivity index (χ1v) is 7.73. The molecule has 1 aromatic heterocycles. The lowest BCUT2D eigenvalue weighted by molar-refractivity contribution is -0.140. The number of halogens is 3. The molecule has 2 fully saturated rings. The van der Waals surface area contributed by atoms with E-state index >= 15 is 0 Å². The van der Waals surface area contributed by atoms with Gasteiger partial charge in [0.2, 0.25) is 0 Å². The number of hydrogen-bond acceptors (Lipinski definition) is 3. The maximum atomic E-state index is 12.6. The van der Waals surface area contributed by atoms with Crippen LogP contribution in [0, 0.1) is 5.92 Å². The Morgan fingerprint density at radius 3 is 2.63 bits per heavy atom. The van der Waals surface area contributed by atoms with Crippen molar-refractivity contribution >= 4 is 16.5 Å². The van der Waals surface area contributed by atoms with Crippen molar-refractivity contribution in [3.63, 3.8) is 0 Å². The predicted octanol–water partition coefficient (Wildman–Crippen LogP) is 4.32. The van der Waals surface area contributed by atoms with E-state index in [2.05, 4.69) is 9.88 Å². The molecule has 0 radical (unpaired) electrons. The highest BCUT2D eigenvalue weighted by atomic mass is 32.1. The smallest absolute Gasteiger partial charge is 0.345 e. The van der Waals surface area contributed by atoms with E-state index in [1.54, 1.807) is 0 Å². The second-order valence-corrected chi connectivity index (χ2v) is 6.30. The highest BCUT2D eigenvalue weighted by molar-refractivity contribution is 7.13. The molecule has 6 heteroatoms. The highest BCUT2D eigenvalue weighted by Crippen LogP contribution is 2.40. The minimum atomic E-state index is -4.32. The molecule has 106 valence electrons. The molecule has 2 unspecified atom stereocenters. The fourth-order valence-corrected chi connectivity index (χ4v) is 4.31. The van der Waals surface area contributed by atoms with Crippen molar-refractivity contribution in [2.24, 2.45) is 5.92 Å². The number of thiazole rings is 1. The van der Waals surface area contributed by atoms with Gasteiger partial charge >= 0.3 is 6.18 Å². The Balaban J connectivity index is 1.82. The summed E-state index contributed by atoms with van der Waals surface area (Å²) in [4.78, 5) is 5.95. The number of hydrogen-bond donors (Lipinski definition) is 0. The summed E-state index contributed by atoms with van der Waals surface area (Å²) in [6, 6.07) is 0.412. The third-order valence-electron chi connectivity index (χ3n) is 4.27. The van der Waals surface area contributed by atoms with E-state index in [-0.39, 0.29) is 0 Å². The summed E-state index contributed by atoms with van der Waals surface area (Å²) >= 11 is 1.13. The van der Waals surface area contributed by atoms with E-state index in [1.807, 2.05) is 0 Å².